The van der Waals surface area contributed by atoms with E-state index in [1.807, 2.05) is 41.5 Å². The number of rotatable bonds is 8. The Balaban J connectivity index is 1.47. The molecule has 4 rings (SSSR count). The molecule has 0 N–H and O–H groups in total. The molecule has 3 aromatic rings. The Labute approximate surface area is 174 Å². The number of amides is 1. The summed E-state index contributed by atoms with van der Waals surface area (Å²) in [5.41, 5.74) is 2.66. The zero-order chi connectivity index (χ0) is 20.2. The van der Waals surface area contributed by atoms with Crippen LogP contribution in [0, 0.1) is 5.82 Å². The Hall–Kier alpha value is -2.73. The molecule has 0 radical (unpaired) electrons. The summed E-state index contributed by atoms with van der Waals surface area (Å²) in [6.45, 7) is 3.05. The molecule has 2 aromatic carbocycles. The van der Waals surface area contributed by atoms with Crippen molar-refractivity contribution in [3.63, 3.8) is 0 Å². The Bertz CT molecular complexity index is 983. The minimum atomic E-state index is -0.264. The van der Waals surface area contributed by atoms with Gasteiger partial charge in [0.1, 0.15) is 16.6 Å². The number of nitrogens with zero attached hydrogens (tertiary/aromatic N) is 2. The standard InChI is InChI=1S/C23H23FN2O2S/c1-2-28-21-6-4-3-5-20(21)23-25-18(15-29-23)13-22(27)26(19-11-12-19)14-16-7-9-17(24)10-8-16/h3-10,15,19H,2,11-14H2,1H3. The molecular weight excluding hydrogens is 387 g/mol. The Morgan fingerprint density at radius 2 is 1.97 bits per heavy atom. The summed E-state index contributed by atoms with van der Waals surface area (Å²) in [6.07, 6.45) is 2.32. The van der Waals surface area contributed by atoms with Crippen LogP contribution >= 0.6 is 11.3 Å². The summed E-state index contributed by atoms with van der Waals surface area (Å²) < 4.78 is 18.9. The van der Waals surface area contributed by atoms with E-state index in [4.69, 9.17) is 4.74 Å². The maximum Gasteiger partial charge on any atom is 0.229 e. The van der Waals surface area contributed by atoms with Crippen molar-refractivity contribution in [3.8, 4) is 16.3 Å². The fraction of sp³-hybridized carbons (Fsp3) is 0.304. The molecule has 29 heavy (non-hydrogen) atoms. The van der Waals surface area contributed by atoms with E-state index in [0.717, 1.165) is 40.4 Å². The molecule has 1 aromatic heterocycles. The van der Waals surface area contributed by atoms with Gasteiger partial charge in [-0.3, -0.25) is 4.79 Å². The number of hydrogen-bond acceptors (Lipinski definition) is 4. The van der Waals surface area contributed by atoms with Crippen LogP contribution in [0.1, 0.15) is 31.0 Å². The highest BCUT2D eigenvalue weighted by Crippen LogP contribution is 2.33. The largest absolute Gasteiger partial charge is 0.493 e. The van der Waals surface area contributed by atoms with Gasteiger partial charge >= 0.3 is 0 Å². The van der Waals surface area contributed by atoms with Crippen molar-refractivity contribution in [1.29, 1.82) is 0 Å². The topological polar surface area (TPSA) is 42.4 Å². The van der Waals surface area contributed by atoms with Gasteiger partial charge in [0.05, 0.1) is 24.3 Å². The van der Waals surface area contributed by atoms with Gasteiger partial charge in [0.25, 0.3) is 0 Å². The molecule has 1 amide bonds. The molecule has 150 valence electrons. The molecular formula is C23H23FN2O2S. The van der Waals surface area contributed by atoms with E-state index >= 15 is 0 Å². The Morgan fingerprint density at radius 1 is 1.21 bits per heavy atom. The van der Waals surface area contributed by atoms with Gasteiger partial charge in [-0.1, -0.05) is 24.3 Å². The van der Waals surface area contributed by atoms with Crippen LogP contribution in [0.5, 0.6) is 5.75 Å². The van der Waals surface area contributed by atoms with Crippen LogP contribution in [0.25, 0.3) is 10.6 Å². The number of carbonyl (C=O) groups excluding carboxylic acids is 1. The predicted molar refractivity (Wildman–Crippen MR) is 112 cm³/mol. The SMILES string of the molecule is CCOc1ccccc1-c1nc(CC(=O)N(Cc2ccc(F)cc2)C2CC2)cs1. The minimum Gasteiger partial charge on any atom is -0.493 e. The zero-order valence-corrected chi connectivity index (χ0v) is 17.1. The highest BCUT2D eigenvalue weighted by Gasteiger charge is 2.32. The third-order valence-corrected chi connectivity index (χ3v) is 5.80. The number of benzene rings is 2. The van der Waals surface area contributed by atoms with Gasteiger partial charge in [-0.25, -0.2) is 9.37 Å². The number of ether oxygens (including phenoxy) is 1. The molecule has 0 aliphatic heterocycles. The molecule has 0 unspecified atom stereocenters. The van der Waals surface area contributed by atoms with Crippen molar-refractivity contribution < 1.29 is 13.9 Å². The normalized spacial score (nSPS) is 13.3. The maximum atomic E-state index is 13.2. The Kier molecular flexibility index (Phi) is 5.90. The van der Waals surface area contributed by atoms with Crippen LogP contribution in [0.3, 0.4) is 0 Å². The predicted octanol–water partition coefficient (Wildman–Crippen LogP) is 5.08. The number of para-hydroxylation sites is 1. The summed E-state index contributed by atoms with van der Waals surface area (Å²) >= 11 is 1.52. The van der Waals surface area contributed by atoms with Crippen LogP contribution in [-0.2, 0) is 17.8 Å². The second-order valence-corrected chi connectivity index (χ2v) is 7.99. The van der Waals surface area contributed by atoms with Crippen LogP contribution in [0.4, 0.5) is 4.39 Å². The molecule has 1 fully saturated rings. The molecule has 1 saturated carbocycles. The smallest absolute Gasteiger partial charge is 0.229 e. The van der Waals surface area contributed by atoms with Gasteiger partial charge in [0.15, 0.2) is 0 Å². The third-order valence-electron chi connectivity index (χ3n) is 4.88. The summed E-state index contributed by atoms with van der Waals surface area (Å²) in [7, 11) is 0. The third kappa shape index (κ3) is 4.82. The first-order valence-electron chi connectivity index (χ1n) is 9.84. The molecule has 1 aliphatic carbocycles. The summed E-state index contributed by atoms with van der Waals surface area (Å²) in [5, 5.41) is 2.80. The van der Waals surface area contributed by atoms with Gasteiger partial charge in [-0.2, -0.15) is 0 Å². The van der Waals surface area contributed by atoms with E-state index in [-0.39, 0.29) is 24.2 Å². The second-order valence-electron chi connectivity index (χ2n) is 7.13. The van der Waals surface area contributed by atoms with Gasteiger partial charge in [0, 0.05) is 18.0 Å². The van der Waals surface area contributed by atoms with Crippen molar-refractivity contribution in [3.05, 3.63) is 71.0 Å². The summed E-state index contributed by atoms with van der Waals surface area (Å²) in [5.74, 6) is 0.602. The lowest BCUT2D eigenvalue weighted by molar-refractivity contribution is -0.131. The molecule has 0 atom stereocenters. The first-order valence-corrected chi connectivity index (χ1v) is 10.7. The van der Waals surface area contributed by atoms with Crippen molar-refractivity contribution in [2.45, 2.75) is 38.8 Å². The average molecular weight is 411 g/mol. The lowest BCUT2D eigenvalue weighted by Gasteiger charge is -2.22. The Morgan fingerprint density at radius 3 is 2.69 bits per heavy atom. The lowest BCUT2D eigenvalue weighted by atomic mass is 10.2. The number of carbonyl (C=O) groups is 1. The fourth-order valence-corrected chi connectivity index (χ4v) is 4.14. The van der Waals surface area contributed by atoms with E-state index in [1.165, 1.54) is 23.5 Å². The lowest BCUT2D eigenvalue weighted by Crippen LogP contribution is -2.33. The van der Waals surface area contributed by atoms with Crippen molar-refractivity contribution in [1.82, 2.24) is 9.88 Å². The number of halogens is 1. The van der Waals surface area contributed by atoms with Gasteiger partial charge in [-0.05, 0) is 49.6 Å². The number of aromatic nitrogens is 1. The van der Waals surface area contributed by atoms with Gasteiger partial charge < -0.3 is 9.64 Å². The second kappa shape index (κ2) is 8.74. The fourth-order valence-electron chi connectivity index (χ4n) is 3.29. The highest BCUT2D eigenvalue weighted by atomic mass is 32.1. The summed E-state index contributed by atoms with van der Waals surface area (Å²) in [4.78, 5) is 19.6. The van der Waals surface area contributed by atoms with Crippen LogP contribution in [0.2, 0.25) is 0 Å². The zero-order valence-electron chi connectivity index (χ0n) is 16.3. The van der Waals surface area contributed by atoms with E-state index in [1.54, 1.807) is 12.1 Å². The first-order chi connectivity index (χ1) is 14.1. The van der Waals surface area contributed by atoms with E-state index in [2.05, 4.69) is 4.98 Å². The van der Waals surface area contributed by atoms with E-state index in [0.29, 0.717) is 13.2 Å². The molecule has 0 saturated heterocycles. The minimum absolute atomic E-state index is 0.0618. The van der Waals surface area contributed by atoms with Crippen LogP contribution in [0.15, 0.2) is 53.9 Å². The number of thiazole rings is 1. The van der Waals surface area contributed by atoms with Gasteiger partial charge in [0.2, 0.25) is 5.91 Å². The van der Waals surface area contributed by atoms with Crippen molar-refractivity contribution in [2.24, 2.45) is 0 Å². The molecule has 1 aliphatic rings. The van der Waals surface area contributed by atoms with E-state index < -0.39 is 0 Å². The van der Waals surface area contributed by atoms with Gasteiger partial charge in [-0.15, -0.1) is 11.3 Å². The number of hydrogen-bond donors (Lipinski definition) is 0. The van der Waals surface area contributed by atoms with Crippen molar-refractivity contribution >= 4 is 17.2 Å². The molecule has 0 bridgehead atoms. The van der Waals surface area contributed by atoms with Crippen molar-refractivity contribution in [2.75, 3.05) is 6.61 Å². The monoisotopic (exact) mass is 410 g/mol. The molecule has 6 heteroatoms. The van der Waals surface area contributed by atoms with Crippen LogP contribution < -0.4 is 4.74 Å². The molecule has 0 spiro atoms. The average Bonchev–Trinajstić information content (AvgIpc) is 3.46. The molecule has 1 heterocycles. The molecule has 4 nitrogen and oxygen atoms in total. The maximum absolute atomic E-state index is 13.2. The highest BCUT2D eigenvalue weighted by molar-refractivity contribution is 7.13. The quantitative estimate of drug-likeness (QED) is 0.520. The van der Waals surface area contributed by atoms with E-state index in [9.17, 15) is 9.18 Å². The van der Waals surface area contributed by atoms with Crippen LogP contribution in [-0.4, -0.2) is 28.4 Å². The first kappa shape index (κ1) is 19.6. The summed E-state index contributed by atoms with van der Waals surface area (Å²) in [6, 6.07) is 14.5.